The van der Waals surface area contributed by atoms with Crippen LogP contribution in [0.2, 0.25) is 5.02 Å². The number of hydrogen-bond donors (Lipinski definition) is 2. The number of carbonyl (C=O) groups excluding carboxylic acids is 2. The van der Waals surface area contributed by atoms with Crippen LogP contribution in [0, 0.1) is 6.92 Å². The third-order valence-electron chi connectivity index (χ3n) is 4.61. The van der Waals surface area contributed by atoms with Gasteiger partial charge in [0, 0.05) is 17.8 Å². The second-order valence-corrected chi connectivity index (χ2v) is 9.61. The summed E-state index contributed by atoms with van der Waals surface area (Å²) in [5, 5.41) is 5.83. The van der Waals surface area contributed by atoms with Gasteiger partial charge in [-0.2, -0.15) is 4.31 Å². The molecule has 0 fully saturated rings. The largest absolute Gasteiger partial charge is 0.324 e. The first-order valence-corrected chi connectivity index (χ1v) is 11.5. The Labute approximate surface area is 192 Å². The van der Waals surface area contributed by atoms with Crippen LogP contribution in [0.25, 0.3) is 0 Å². The van der Waals surface area contributed by atoms with Crippen LogP contribution in [-0.2, 0) is 14.8 Å². The number of halogens is 1. The molecule has 0 unspecified atom stereocenters. The lowest BCUT2D eigenvalue weighted by Gasteiger charge is -2.18. The van der Waals surface area contributed by atoms with E-state index in [1.54, 1.807) is 30.3 Å². The molecule has 3 aromatic carbocycles. The molecule has 0 aliphatic carbocycles. The van der Waals surface area contributed by atoms with E-state index in [1.165, 1.54) is 31.3 Å². The highest BCUT2D eigenvalue weighted by molar-refractivity contribution is 7.89. The van der Waals surface area contributed by atoms with E-state index in [4.69, 9.17) is 11.6 Å². The first-order valence-electron chi connectivity index (χ1n) is 9.65. The van der Waals surface area contributed by atoms with Crippen LogP contribution in [0.15, 0.2) is 77.7 Å². The van der Waals surface area contributed by atoms with Crippen LogP contribution < -0.4 is 10.6 Å². The molecule has 3 rings (SSSR count). The molecule has 0 radical (unpaired) electrons. The Morgan fingerprint density at radius 2 is 1.62 bits per heavy atom. The fourth-order valence-electron chi connectivity index (χ4n) is 2.97. The molecule has 32 heavy (non-hydrogen) atoms. The Morgan fingerprint density at radius 3 is 2.31 bits per heavy atom. The molecule has 0 heterocycles. The molecule has 0 bridgehead atoms. The number of aryl methyl sites for hydroxylation is 1. The van der Waals surface area contributed by atoms with E-state index >= 15 is 0 Å². The van der Waals surface area contributed by atoms with Crippen molar-refractivity contribution in [2.24, 2.45) is 0 Å². The third kappa shape index (κ3) is 5.73. The van der Waals surface area contributed by atoms with Crippen LogP contribution in [-0.4, -0.2) is 38.1 Å². The van der Waals surface area contributed by atoms with Crippen molar-refractivity contribution in [3.8, 4) is 0 Å². The molecular formula is C23H22ClN3O4S. The quantitative estimate of drug-likeness (QED) is 0.540. The predicted molar refractivity (Wildman–Crippen MR) is 125 cm³/mol. The Balaban J connectivity index is 1.71. The summed E-state index contributed by atoms with van der Waals surface area (Å²) >= 11 is 5.81. The summed E-state index contributed by atoms with van der Waals surface area (Å²) in [5.74, 6) is -0.977. The summed E-state index contributed by atoms with van der Waals surface area (Å²) in [6.07, 6.45) is 0. The van der Waals surface area contributed by atoms with Gasteiger partial charge in [-0.25, -0.2) is 8.42 Å². The second kappa shape index (κ2) is 9.95. The summed E-state index contributed by atoms with van der Waals surface area (Å²) in [7, 11) is -2.57. The summed E-state index contributed by atoms with van der Waals surface area (Å²) in [5.41, 5.74) is 2.16. The molecule has 2 N–H and O–H groups in total. The number of carbonyl (C=O) groups is 2. The molecule has 0 saturated heterocycles. The number of para-hydroxylation sites is 1. The summed E-state index contributed by atoms with van der Waals surface area (Å²) < 4.78 is 26.3. The highest BCUT2D eigenvalue weighted by Crippen LogP contribution is 2.20. The second-order valence-electron chi connectivity index (χ2n) is 7.13. The molecule has 0 aliphatic rings. The summed E-state index contributed by atoms with van der Waals surface area (Å²) in [4.78, 5) is 25.3. The van der Waals surface area contributed by atoms with Crippen molar-refractivity contribution in [1.82, 2.24) is 4.31 Å². The minimum absolute atomic E-state index is 0.0233. The fraction of sp³-hybridized carbons (Fsp3) is 0.130. The first kappa shape index (κ1) is 23.5. The standard InChI is InChI=1S/C23H22ClN3O4S/c1-16-6-5-7-18(14-16)25-23(29)20-8-3-4-9-21(20)26-22(28)15-27(2)32(30,31)19-12-10-17(24)11-13-19/h3-14H,15H2,1-2H3,(H,25,29)(H,26,28). The summed E-state index contributed by atoms with van der Waals surface area (Å²) in [6.45, 7) is 1.48. The monoisotopic (exact) mass is 471 g/mol. The van der Waals surface area contributed by atoms with Crippen LogP contribution in [0.1, 0.15) is 15.9 Å². The fourth-order valence-corrected chi connectivity index (χ4v) is 4.23. The normalized spacial score (nSPS) is 11.2. The van der Waals surface area contributed by atoms with Crippen LogP contribution in [0.4, 0.5) is 11.4 Å². The Kier molecular flexibility index (Phi) is 7.29. The zero-order valence-corrected chi connectivity index (χ0v) is 19.1. The van der Waals surface area contributed by atoms with Crippen LogP contribution in [0.5, 0.6) is 0 Å². The maximum absolute atomic E-state index is 12.7. The average Bonchev–Trinajstić information content (AvgIpc) is 2.74. The van der Waals surface area contributed by atoms with E-state index in [-0.39, 0.29) is 16.1 Å². The minimum atomic E-state index is -3.88. The van der Waals surface area contributed by atoms with Gasteiger partial charge < -0.3 is 10.6 Å². The van der Waals surface area contributed by atoms with Gasteiger partial charge in [0.15, 0.2) is 0 Å². The van der Waals surface area contributed by atoms with Gasteiger partial charge in [-0.3, -0.25) is 9.59 Å². The van der Waals surface area contributed by atoms with Gasteiger partial charge in [0.05, 0.1) is 22.7 Å². The van der Waals surface area contributed by atoms with Crippen molar-refractivity contribution in [3.05, 3.63) is 88.9 Å². The smallest absolute Gasteiger partial charge is 0.257 e. The lowest BCUT2D eigenvalue weighted by atomic mass is 10.1. The molecule has 2 amide bonds. The van der Waals surface area contributed by atoms with Gasteiger partial charge in [0.1, 0.15) is 0 Å². The van der Waals surface area contributed by atoms with Gasteiger partial charge >= 0.3 is 0 Å². The maximum Gasteiger partial charge on any atom is 0.257 e. The van der Waals surface area contributed by atoms with Gasteiger partial charge in [0.2, 0.25) is 15.9 Å². The highest BCUT2D eigenvalue weighted by Gasteiger charge is 2.23. The summed E-state index contributed by atoms with van der Waals surface area (Å²) in [6, 6.07) is 19.5. The molecule has 9 heteroatoms. The maximum atomic E-state index is 12.7. The van der Waals surface area contributed by atoms with Crippen molar-refractivity contribution in [1.29, 1.82) is 0 Å². The zero-order chi connectivity index (χ0) is 23.3. The number of nitrogens with one attached hydrogen (secondary N) is 2. The van der Waals surface area contributed by atoms with E-state index in [0.29, 0.717) is 10.7 Å². The topological polar surface area (TPSA) is 95.6 Å². The number of likely N-dealkylation sites (N-methyl/N-ethyl adjacent to an activating group) is 1. The molecule has 0 aliphatic heterocycles. The number of benzene rings is 3. The van der Waals surface area contributed by atoms with Crippen molar-refractivity contribution in [2.45, 2.75) is 11.8 Å². The molecule has 166 valence electrons. The Morgan fingerprint density at radius 1 is 0.938 bits per heavy atom. The van der Waals surface area contributed by atoms with Crippen LogP contribution in [0.3, 0.4) is 0 Å². The molecule has 7 nitrogen and oxygen atoms in total. The van der Waals surface area contributed by atoms with E-state index in [1.807, 2.05) is 25.1 Å². The Bertz CT molecular complexity index is 1240. The van der Waals surface area contributed by atoms with Crippen molar-refractivity contribution in [3.63, 3.8) is 0 Å². The lowest BCUT2D eigenvalue weighted by molar-refractivity contribution is -0.116. The highest BCUT2D eigenvalue weighted by atomic mass is 35.5. The van der Waals surface area contributed by atoms with Gasteiger partial charge in [-0.15, -0.1) is 0 Å². The number of amides is 2. The minimum Gasteiger partial charge on any atom is -0.324 e. The Hall–Kier alpha value is -3.20. The predicted octanol–water partition coefficient (Wildman–Crippen LogP) is 4.16. The van der Waals surface area contributed by atoms with Gasteiger partial charge in [-0.1, -0.05) is 35.9 Å². The number of sulfonamides is 1. The van der Waals surface area contributed by atoms with Gasteiger partial charge in [0.25, 0.3) is 5.91 Å². The molecule has 0 aromatic heterocycles. The van der Waals surface area contributed by atoms with E-state index in [2.05, 4.69) is 10.6 Å². The molecule has 0 spiro atoms. The SMILES string of the molecule is Cc1cccc(NC(=O)c2ccccc2NC(=O)CN(C)S(=O)(=O)c2ccc(Cl)cc2)c1. The van der Waals surface area contributed by atoms with E-state index < -0.39 is 28.4 Å². The number of hydrogen-bond acceptors (Lipinski definition) is 4. The molecule has 3 aromatic rings. The van der Waals surface area contributed by atoms with E-state index in [9.17, 15) is 18.0 Å². The van der Waals surface area contributed by atoms with Crippen molar-refractivity contribution in [2.75, 3.05) is 24.2 Å². The van der Waals surface area contributed by atoms with E-state index in [0.717, 1.165) is 9.87 Å². The van der Waals surface area contributed by atoms with Crippen molar-refractivity contribution >= 4 is 44.8 Å². The number of anilines is 2. The number of nitrogens with zero attached hydrogens (tertiary/aromatic N) is 1. The molecule has 0 saturated carbocycles. The average molecular weight is 472 g/mol. The molecular weight excluding hydrogens is 450 g/mol. The first-order chi connectivity index (χ1) is 15.2. The van der Waals surface area contributed by atoms with Crippen molar-refractivity contribution < 1.29 is 18.0 Å². The molecule has 0 atom stereocenters. The van der Waals surface area contributed by atoms with Crippen LogP contribution >= 0.6 is 11.6 Å². The third-order valence-corrected chi connectivity index (χ3v) is 6.68. The lowest BCUT2D eigenvalue weighted by Crippen LogP contribution is -2.35. The number of rotatable bonds is 7. The van der Waals surface area contributed by atoms with Gasteiger partial charge in [-0.05, 0) is 61.0 Å². The zero-order valence-electron chi connectivity index (χ0n) is 17.5.